The Morgan fingerprint density at radius 2 is 1.94 bits per heavy atom. The van der Waals surface area contributed by atoms with E-state index in [1.54, 1.807) is 6.33 Å². The summed E-state index contributed by atoms with van der Waals surface area (Å²) in [4.78, 5) is 8.85. The van der Waals surface area contributed by atoms with Crippen LogP contribution < -0.4 is 0 Å². The Hall–Kier alpha value is -1.09. The van der Waals surface area contributed by atoms with Gasteiger partial charge in [-0.25, -0.2) is 9.97 Å². The van der Waals surface area contributed by atoms with Gasteiger partial charge in [-0.05, 0) is 31.9 Å². The smallest absolute Gasteiger partial charge is 0.117 e. The molecule has 3 rings (SSSR count). The van der Waals surface area contributed by atoms with Crippen LogP contribution in [0.5, 0.6) is 0 Å². The van der Waals surface area contributed by atoms with Crippen LogP contribution in [-0.4, -0.2) is 15.2 Å². The van der Waals surface area contributed by atoms with E-state index in [-0.39, 0.29) is 0 Å². The first kappa shape index (κ1) is 12.0. The lowest BCUT2D eigenvalue weighted by Crippen LogP contribution is -2.08. The number of rotatable bonds is 2. The Labute approximate surface area is 112 Å². The van der Waals surface area contributed by atoms with Gasteiger partial charge in [-0.2, -0.15) is 0 Å². The molecule has 1 aromatic heterocycles. The predicted octanol–water partition coefficient (Wildman–Crippen LogP) is 4.36. The Balaban J connectivity index is 1.92. The number of hydrogen-bond acceptors (Lipinski definition) is 3. The lowest BCUT2D eigenvalue weighted by Gasteiger charge is -2.20. The molecule has 1 saturated carbocycles. The summed E-state index contributed by atoms with van der Waals surface area (Å²) >= 11 is 1.95. The molecular weight excluding hydrogens is 240 g/mol. The van der Waals surface area contributed by atoms with Gasteiger partial charge in [0.05, 0.1) is 5.52 Å². The van der Waals surface area contributed by atoms with Gasteiger partial charge in [0.2, 0.25) is 0 Å². The Morgan fingerprint density at radius 3 is 2.78 bits per heavy atom. The number of nitrogens with zero attached hydrogens (tertiary/aromatic N) is 2. The van der Waals surface area contributed by atoms with E-state index in [0.717, 1.165) is 15.8 Å². The van der Waals surface area contributed by atoms with E-state index in [4.69, 9.17) is 0 Å². The van der Waals surface area contributed by atoms with Gasteiger partial charge >= 0.3 is 0 Å². The summed E-state index contributed by atoms with van der Waals surface area (Å²) in [5.41, 5.74) is 2.34. The van der Waals surface area contributed by atoms with Crippen LogP contribution in [0.4, 0.5) is 0 Å². The summed E-state index contributed by atoms with van der Waals surface area (Å²) < 4.78 is 0. The van der Waals surface area contributed by atoms with Crippen LogP contribution >= 0.6 is 11.8 Å². The first-order valence-electron chi connectivity index (χ1n) is 6.71. The second-order valence-corrected chi connectivity index (χ2v) is 6.37. The van der Waals surface area contributed by atoms with Crippen LogP contribution in [-0.2, 0) is 0 Å². The maximum Gasteiger partial charge on any atom is 0.117 e. The molecule has 0 amide bonds. The number of hydrogen-bond donors (Lipinski definition) is 0. The molecule has 0 saturated heterocycles. The van der Waals surface area contributed by atoms with Crippen molar-refractivity contribution in [1.29, 1.82) is 0 Å². The van der Waals surface area contributed by atoms with Crippen LogP contribution in [0.2, 0.25) is 0 Å². The van der Waals surface area contributed by atoms with E-state index in [2.05, 4.69) is 35.1 Å². The minimum absolute atomic E-state index is 0.748. The number of aryl methyl sites for hydroxylation is 1. The highest BCUT2D eigenvalue weighted by Gasteiger charge is 2.16. The fraction of sp³-hybridized carbons (Fsp3) is 0.467. The van der Waals surface area contributed by atoms with Gasteiger partial charge in [-0.15, -0.1) is 11.8 Å². The summed E-state index contributed by atoms with van der Waals surface area (Å²) in [6, 6.07) is 6.42. The van der Waals surface area contributed by atoms with Crippen LogP contribution in [0.3, 0.4) is 0 Å². The minimum Gasteiger partial charge on any atom is -0.236 e. The molecule has 3 heteroatoms. The van der Waals surface area contributed by atoms with E-state index >= 15 is 0 Å². The number of benzene rings is 1. The normalized spacial score (nSPS) is 17.2. The minimum atomic E-state index is 0.748. The highest BCUT2D eigenvalue weighted by Crippen LogP contribution is 2.35. The average Bonchev–Trinajstić information content (AvgIpc) is 2.41. The molecule has 0 N–H and O–H groups in total. The Bertz CT molecular complexity index is 547. The molecular formula is C15H18N2S. The fourth-order valence-corrected chi connectivity index (χ4v) is 3.86. The first-order valence-corrected chi connectivity index (χ1v) is 7.59. The molecule has 18 heavy (non-hydrogen) atoms. The van der Waals surface area contributed by atoms with Crippen molar-refractivity contribution in [2.45, 2.75) is 49.3 Å². The van der Waals surface area contributed by atoms with Gasteiger partial charge in [0, 0.05) is 10.6 Å². The zero-order valence-electron chi connectivity index (χ0n) is 10.7. The van der Waals surface area contributed by atoms with Crippen molar-refractivity contribution in [1.82, 2.24) is 9.97 Å². The van der Waals surface area contributed by atoms with Gasteiger partial charge < -0.3 is 0 Å². The summed E-state index contributed by atoms with van der Waals surface area (Å²) in [6.07, 6.45) is 8.52. The van der Waals surface area contributed by atoms with Crippen LogP contribution in [0.15, 0.2) is 29.6 Å². The van der Waals surface area contributed by atoms with Gasteiger partial charge in [-0.3, -0.25) is 0 Å². The van der Waals surface area contributed by atoms with E-state index in [0.29, 0.717) is 0 Å². The SMILES string of the molecule is Cc1ccc2ncnc(SC3CCCCC3)c2c1. The molecule has 0 spiro atoms. The second-order valence-electron chi connectivity index (χ2n) is 5.08. The molecule has 0 atom stereocenters. The van der Waals surface area contributed by atoms with Crippen molar-refractivity contribution in [2.24, 2.45) is 0 Å². The zero-order valence-corrected chi connectivity index (χ0v) is 11.5. The molecule has 0 bridgehead atoms. The van der Waals surface area contributed by atoms with Gasteiger partial charge in [0.25, 0.3) is 0 Å². The molecule has 0 aliphatic heterocycles. The highest BCUT2D eigenvalue weighted by molar-refractivity contribution is 8.00. The van der Waals surface area contributed by atoms with Crippen LogP contribution in [0.1, 0.15) is 37.7 Å². The first-order chi connectivity index (χ1) is 8.83. The van der Waals surface area contributed by atoms with Crippen LogP contribution in [0.25, 0.3) is 10.9 Å². The molecule has 2 nitrogen and oxygen atoms in total. The van der Waals surface area contributed by atoms with Gasteiger partial charge in [-0.1, -0.05) is 30.9 Å². The Morgan fingerprint density at radius 1 is 1.11 bits per heavy atom. The standard InChI is InChI=1S/C15H18N2S/c1-11-7-8-14-13(9-11)15(17-10-16-14)18-12-5-3-2-4-6-12/h7-10,12H,2-6H2,1H3. The van der Waals surface area contributed by atoms with E-state index in [9.17, 15) is 0 Å². The van der Waals surface area contributed by atoms with E-state index in [1.807, 2.05) is 11.8 Å². The Kier molecular flexibility index (Phi) is 3.50. The monoisotopic (exact) mass is 258 g/mol. The third kappa shape index (κ3) is 2.51. The summed E-state index contributed by atoms with van der Waals surface area (Å²) in [7, 11) is 0. The summed E-state index contributed by atoms with van der Waals surface area (Å²) in [5.74, 6) is 0. The second kappa shape index (κ2) is 5.27. The van der Waals surface area contributed by atoms with Crippen molar-refractivity contribution < 1.29 is 0 Å². The van der Waals surface area contributed by atoms with Crippen molar-refractivity contribution in [3.8, 4) is 0 Å². The van der Waals surface area contributed by atoms with Gasteiger partial charge in [0.1, 0.15) is 11.4 Å². The quantitative estimate of drug-likeness (QED) is 0.748. The lowest BCUT2D eigenvalue weighted by atomic mass is 10.0. The highest BCUT2D eigenvalue weighted by atomic mass is 32.2. The van der Waals surface area contributed by atoms with E-state index in [1.165, 1.54) is 43.1 Å². The van der Waals surface area contributed by atoms with Crippen LogP contribution in [0, 0.1) is 6.92 Å². The fourth-order valence-electron chi connectivity index (χ4n) is 2.58. The van der Waals surface area contributed by atoms with Crippen molar-refractivity contribution in [3.63, 3.8) is 0 Å². The lowest BCUT2D eigenvalue weighted by molar-refractivity contribution is 0.516. The number of aromatic nitrogens is 2. The maximum atomic E-state index is 4.49. The van der Waals surface area contributed by atoms with E-state index < -0.39 is 0 Å². The molecule has 1 heterocycles. The molecule has 94 valence electrons. The molecule has 0 unspecified atom stereocenters. The molecule has 1 fully saturated rings. The molecule has 1 aliphatic carbocycles. The van der Waals surface area contributed by atoms with Crippen molar-refractivity contribution >= 4 is 22.7 Å². The van der Waals surface area contributed by atoms with Crippen molar-refractivity contribution in [3.05, 3.63) is 30.1 Å². The third-order valence-electron chi connectivity index (χ3n) is 3.58. The predicted molar refractivity (Wildman–Crippen MR) is 77.0 cm³/mol. The largest absolute Gasteiger partial charge is 0.236 e. The summed E-state index contributed by atoms with van der Waals surface area (Å²) in [6.45, 7) is 2.13. The third-order valence-corrected chi connectivity index (χ3v) is 4.94. The topological polar surface area (TPSA) is 25.8 Å². The molecule has 0 radical (unpaired) electrons. The molecule has 1 aliphatic rings. The molecule has 1 aromatic carbocycles. The zero-order chi connectivity index (χ0) is 12.4. The van der Waals surface area contributed by atoms with Crippen molar-refractivity contribution in [2.75, 3.05) is 0 Å². The van der Waals surface area contributed by atoms with Gasteiger partial charge in [0.15, 0.2) is 0 Å². The summed E-state index contributed by atoms with van der Waals surface area (Å²) in [5, 5.41) is 3.13. The average molecular weight is 258 g/mol. The number of thioether (sulfide) groups is 1. The maximum absolute atomic E-state index is 4.49. The molecule has 2 aromatic rings. The number of fused-ring (bicyclic) bond motifs is 1.